The van der Waals surface area contributed by atoms with Crippen molar-refractivity contribution in [2.75, 3.05) is 26.4 Å². The standard InChI is InChI=1S/C47H68N2O11/c1-25(2)12-18-43(4)35-34(52)36(53)44(5)33(46(35)23-57-41(55)45(40(46)60-43)15-6-7-16-45)13-17-42(3)37(58-39(54)38-47(42,44)59-38)28-14-19-56-32(28)20-29(31(51)22-50)26-8-10-27(11-9-26)30-21-48-24-49-30/h14,19,25-27,29-31,33,35-38,40,48-51,53H,6-13,15-18,20-24H2,1-5H3. The van der Waals surface area contributed by atoms with Gasteiger partial charge in [-0.1, -0.05) is 40.5 Å². The summed E-state index contributed by atoms with van der Waals surface area (Å²) in [6, 6.07) is 2.30. The van der Waals surface area contributed by atoms with Gasteiger partial charge in [0.1, 0.15) is 30.2 Å². The molecule has 4 saturated carbocycles. The number of hydrogen-bond acceptors (Lipinski definition) is 13. The van der Waals surface area contributed by atoms with E-state index in [1.165, 1.54) is 0 Å². The Morgan fingerprint density at radius 3 is 2.40 bits per heavy atom. The number of rotatable bonds is 10. The van der Waals surface area contributed by atoms with E-state index in [2.05, 4.69) is 31.4 Å². The predicted octanol–water partition coefficient (Wildman–Crippen LogP) is 4.53. The Hall–Kier alpha value is -2.39. The van der Waals surface area contributed by atoms with E-state index in [4.69, 9.17) is 23.4 Å². The van der Waals surface area contributed by atoms with E-state index in [0.29, 0.717) is 67.7 Å². The van der Waals surface area contributed by atoms with Gasteiger partial charge in [-0.3, -0.25) is 9.59 Å². The number of aliphatic hydroxyl groups is 3. The zero-order valence-electron chi connectivity index (χ0n) is 36.2. The van der Waals surface area contributed by atoms with Crippen molar-refractivity contribution in [2.45, 2.75) is 166 Å². The molecule has 9 fully saturated rings. The normalized spacial score (nSPS) is 47.5. The van der Waals surface area contributed by atoms with Crippen LogP contribution in [0.2, 0.25) is 0 Å². The third kappa shape index (κ3) is 5.38. The van der Waals surface area contributed by atoms with Gasteiger partial charge >= 0.3 is 11.9 Å². The molecule has 5 N–H and O–H groups in total. The summed E-state index contributed by atoms with van der Waals surface area (Å²) in [5.41, 5.74) is -5.45. The first kappa shape index (κ1) is 41.6. The lowest BCUT2D eigenvalue weighted by Gasteiger charge is -2.67. The number of aliphatic hydroxyl groups excluding tert-OH is 3. The molecule has 13 nitrogen and oxygen atoms in total. The second-order valence-corrected chi connectivity index (χ2v) is 21.9. The highest BCUT2D eigenvalue weighted by Gasteiger charge is 2.92. The Balaban J connectivity index is 1.01. The van der Waals surface area contributed by atoms with Gasteiger partial charge < -0.3 is 49.3 Å². The number of carbonyl (C=O) groups is 3. The summed E-state index contributed by atoms with van der Waals surface area (Å²) < 4.78 is 33.1. The summed E-state index contributed by atoms with van der Waals surface area (Å²) in [7, 11) is 0. The fraction of sp³-hybridized carbons (Fsp3) is 0.851. The lowest BCUT2D eigenvalue weighted by Crippen LogP contribution is -2.77. The van der Waals surface area contributed by atoms with E-state index >= 15 is 4.79 Å². The second-order valence-electron chi connectivity index (χ2n) is 21.9. The number of furan rings is 1. The van der Waals surface area contributed by atoms with E-state index in [-0.39, 0.29) is 42.7 Å². The maximum Gasteiger partial charge on any atom is 0.339 e. The zero-order valence-corrected chi connectivity index (χ0v) is 36.2. The number of nitrogens with one attached hydrogen (secondary N) is 2. The second kappa shape index (κ2) is 14.3. The molecule has 3 spiro atoms. The molecule has 5 aliphatic heterocycles. The fourth-order valence-corrected chi connectivity index (χ4v) is 16.0. The average Bonchev–Trinajstić information content (AvgIpc) is 3.72. The molecule has 14 atom stereocenters. The van der Waals surface area contributed by atoms with Gasteiger partial charge in [-0.15, -0.1) is 0 Å². The molecule has 0 amide bonds. The zero-order chi connectivity index (χ0) is 42.2. The molecule has 13 heteroatoms. The van der Waals surface area contributed by atoms with Crippen LogP contribution in [0.1, 0.15) is 129 Å². The fourth-order valence-electron chi connectivity index (χ4n) is 16.0. The first-order valence-corrected chi connectivity index (χ1v) is 23.4. The number of fused-ring (bicyclic) bond motifs is 2. The first-order chi connectivity index (χ1) is 28.6. The SMILES string of the molecule is CC(C)CCC1(C)OC2C3(CCCC3)C(=O)OCC23C1C(=O)C(O)C1(C)C3CCC2(C)C(c3ccoc3CC(C(O)CO)C3CCC(C4CNCN4)CC3)OC(=O)C3OC321. The van der Waals surface area contributed by atoms with Crippen LogP contribution in [0.4, 0.5) is 0 Å². The van der Waals surface area contributed by atoms with Crippen LogP contribution in [0.25, 0.3) is 0 Å². The van der Waals surface area contributed by atoms with Crippen LogP contribution in [-0.4, -0.2) is 101 Å². The minimum Gasteiger partial charge on any atom is -0.469 e. The number of cyclic esters (lactones) is 2. The van der Waals surface area contributed by atoms with Gasteiger partial charge in [-0.05, 0) is 107 Å². The molecule has 0 radical (unpaired) electrons. The van der Waals surface area contributed by atoms with E-state index in [9.17, 15) is 24.9 Å². The minimum absolute atomic E-state index is 0.0284. The highest BCUT2D eigenvalue weighted by atomic mass is 16.7. The number of ketones is 1. The van der Waals surface area contributed by atoms with E-state index in [1.54, 1.807) is 6.26 Å². The molecular formula is C47H68N2O11. The van der Waals surface area contributed by atoms with Crippen molar-refractivity contribution in [2.24, 2.45) is 57.2 Å². The summed E-state index contributed by atoms with van der Waals surface area (Å²) in [6.07, 6.45) is 6.67. The van der Waals surface area contributed by atoms with Crippen LogP contribution in [0.3, 0.4) is 0 Å². The molecule has 60 heavy (non-hydrogen) atoms. The summed E-state index contributed by atoms with van der Waals surface area (Å²) in [4.78, 5) is 43.7. The predicted molar refractivity (Wildman–Crippen MR) is 216 cm³/mol. The average molecular weight is 837 g/mol. The topological polar surface area (TPSA) is 189 Å². The van der Waals surface area contributed by atoms with E-state index < -0.39 is 75.3 Å². The molecule has 14 unspecified atom stereocenters. The Morgan fingerprint density at radius 1 is 0.967 bits per heavy atom. The number of Topliss-reactive ketones (excluding diaryl/α,β-unsaturated/α-hetero) is 1. The highest BCUT2D eigenvalue weighted by molar-refractivity contribution is 5.92. The van der Waals surface area contributed by atoms with Gasteiger partial charge in [0.25, 0.3) is 0 Å². The van der Waals surface area contributed by atoms with Gasteiger partial charge in [0.05, 0.1) is 42.0 Å². The Labute approximate surface area is 353 Å². The van der Waals surface area contributed by atoms with Gasteiger partial charge in [0.15, 0.2) is 11.9 Å². The maximum absolute atomic E-state index is 15.4. The molecule has 9 aliphatic rings. The lowest BCUT2D eigenvalue weighted by atomic mass is 9.35. The molecule has 10 rings (SSSR count). The molecule has 0 aromatic carbocycles. The van der Waals surface area contributed by atoms with Crippen LogP contribution in [-0.2, 0) is 39.8 Å². The lowest BCUT2D eigenvalue weighted by molar-refractivity contribution is -0.264. The molecule has 0 bridgehead atoms. The van der Waals surface area contributed by atoms with Crippen molar-refractivity contribution >= 4 is 17.7 Å². The molecule has 1 aromatic heterocycles. The molecular weight excluding hydrogens is 769 g/mol. The number of epoxide rings is 1. The largest absolute Gasteiger partial charge is 0.469 e. The summed E-state index contributed by atoms with van der Waals surface area (Å²) in [6.45, 7) is 11.8. The van der Waals surface area contributed by atoms with Crippen LogP contribution >= 0.6 is 0 Å². The number of carbonyl (C=O) groups excluding carboxylic acids is 3. The van der Waals surface area contributed by atoms with Crippen LogP contribution < -0.4 is 10.6 Å². The molecule has 4 aliphatic carbocycles. The van der Waals surface area contributed by atoms with E-state index in [0.717, 1.165) is 58.2 Å². The minimum atomic E-state index is -1.47. The third-order valence-corrected chi connectivity index (χ3v) is 18.8. The molecule has 1 aromatic rings. The highest BCUT2D eigenvalue weighted by Crippen LogP contribution is 2.81. The van der Waals surface area contributed by atoms with Crippen molar-refractivity contribution in [3.05, 3.63) is 23.7 Å². The van der Waals surface area contributed by atoms with Gasteiger partial charge in [0.2, 0.25) is 0 Å². The van der Waals surface area contributed by atoms with Crippen LogP contribution in [0.5, 0.6) is 0 Å². The third-order valence-electron chi connectivity index (χ3n) is 18.8. The van der Waals surface area contributed by atoms with Crippen LogP contribution in [0, 0.1) is 57.2 Å². The van der Waals surface area contributed by atoms with Gasteiger partial charge in [0, 0.05) is 47.5 Å². The Morgan fingerprint density at radius 2 is 1.72 bits per heavy atom. The molecule has 332 valence electrons. The van der Waals surface area contributed by atoms with Crippen molar-refractivity contribution in [1.82, 2.24) is 10.6 Å². The first-order valence-electron chi connectivity index (χ1n) is 23.4. The number of ether oxygens (including phenoxy) is 4. The van der Waals surface area contributed by atoms with Crippen molar-refractivity contribution < 1.29 is 53.1 Å². The van der Waals surface area contributed by atoms with E-state index in [1.807, 2.05) is 19.9 Å². The summed E-state index contributed by atoms with van der Waals surface area (Å²) >= 11 is 0. The van der Waals surface area contributed by atoms with Gasteiger partial charge in [-0.25, -0.2) is 4.79 Å². The van der Waals surface area contributed by atoms with Crippen LogP contribution in [0.15, 0.2) is 16.7 Å². The smallest absolute Gasteiger partial charge is 0.339 e. The van der Waals surface area contributed by atoms with Gasteiger partial charge in [-0.2, -0.15) is 0 Å². The molecule has 5 saturated heterocycles. The van der Waals surface area contributed by atoms with Crippen molar-refractivity contribution in [1.29, 1.82) is 0 Å². The quantitative estimate of drug-likeness (QED) is 0.164. The van der Waals surface area contributed by atoms with Crippen molar-refractivity contribution in [3.8, 4) is 0 Å². The number of esters is 2. The van der Waals surface area contributed by atoms with Crippen molar-refractivity contribution in [3.63, 3.8) is 0 Å². The summed E-state index contributed by atoms with van der Waals surface area (Å²) in [5.74, 6) is -0.735. The Kier molecular flexibility index (Phi) is 9.92. The monoisotopic (exact) mass is 836 g/mol. The number of hydrogen-bond donors (Lipinski definition) is 5. The summed E-state index contributed by atoms with van der Waals surface area (Å²) in [5, 5.41) is 41.4. The Bertz CT molecular complexity index is 1870. The molecule has 6 heterocycles. The maximum atomic E-state index is 15.4.